The van der Waals surface area contributed by atoms with Gasteiger partial charge in [0.05, 0.1) is 17.2 Å². The van der Waals surface area contributed by atoms with E-state index in [0.717, 1.165) is 16.2 Å². The molecule has 0 atom stereocenters. The van der Waals surface area contributed by atoms with Crippen molar-refractivity contribution in [3.63, 3.8) is 0 Å². The number of hydrazone groups is 1. The van der Waals surface area contributed by atoms with E-state index < -0.39 is 6.09 Å². The van der Waals surface area contributed by atoms with Gasteiger partial charge in [-0.25, -0.2) is 4.79 Å². The Bertz CT molecular complexity index is 462. The van der Waals surface area contributed by atoms with Crippen molar-refractivity contribution in [2.75, 3.05) is 6.61 Å². The summed E-state index contributed by atoms with van der Waals surface area (Å²) in [6, 6.07) is 2.00. The molecule has 1 aromatic rings. The molecule has 0 spiro atoms. The minimum Gasteiger partial charge on any atom is -0.448 e. The molecule has 84 valence electrons. The molecule has 1 aliphatic rings. The standard InChI is InChI=1S/C11H12N2O2S/c1-3-15-11(14)13-6-4-9-5-7-16-10(9)8(2)12-13/h4-7H,3H2,1-2H3. The number of amides is 1. The second-order valence-electron chi connectivity index (χ2n) is 3.25. The zero-order chi connectivity index (χ0) is 11.5. The maximum atomic E-state index is 11.5. The second-order valence-corrected chi connectivity index (χ2v) is 4.17. The molecule has 2 heterocycles. The van der Waals surface area contributed by atoms with E-state index in [2.05, 4.69) is 5.10 Å². The number of ether oxygens (including phenoxy) is 1. The van der Waals surface area contributed by atoms with Gasteiger partial charge in [-0.05, 0) is 36.9 Å². The highest BCUT2D eigenvalue weighted by molar-refractivity contribution is 7.12. The average Bonchev–Trinajstić information content (AvgIpc) is 2.66. The fraction of sp³-hybridized carbons (Fsp3) is 0.273. The van der Waals surface area contributed by atoms with Crippen molar-refractivity contribution >= 4 is 29.2 Å². The zero-order valence-corrected chi connectivity index (χ0v) is 9.95. The maximum absolute atomic E-state index is 11.5. The summed E-state index contributed by atoms with van der Waals surface area (Å²) in [7, 11) is 0. The van der Waals surface area contributed by atoms with Crippen LogP contribution in [0.1, 0.15) is 24.3 Å². The molecule has 0 fully saturated rings. The molecule has 0 N–H and O–H groups in total. The molecule has 1 aromatic heterocycles. The molecule has 0 bridgehead atoms. The van der Waals surface area contributed by atoms with Crippen LogP contribution in [0.2, 0.25) is 0 Å². The molecule has 1 aliphatic heterocycles. The van der Waals surface area contributed by atoms with Gasteiger partial charge < -0.3 is 4.74 Å². The van der Waals surface area contributed by atoms with Crippen molar-refractivity contribution < 1.29 is 9.53 Å². The lowest BCUT2D eigenvalue weighted by Gasteiger charge is -2.11. The number of rotatable bonds is 1. The minimum absolute atomic E-state index is 0.347. The van der Waals surface area contributed by atoms with Crippen molar-refractivity contribution in [1.29, 1.82) is 0 Å². The molecule has 0 unspecified atom stereocenters. The number of thiophene rings is 1. The van der Waals surface area contributed by atoms with Gasteiger partial charge >= 0.3 is 6.09 Å². The van der Waals surface area contributed by atoms with E-state index in [1.807, 2.05) is 24.4 Å². The largest absolute Gasteiger partial charge is 0.448 e. The summed E-state index contributed by atoms with van der Waals surface area (Å²) in [5.41, 5.74) is 1.90. The normalized spacial score (nSPS) is 14.1. The quantitative estimate of drug-likeness (QED) is 0.752. The lowest BCUT2D eigenvalue weighted by atomic mass is 10.2. The smallest absolute Gasteiger partial charge is 0.434 e. The summed E-state index contributed by atoms with van der Waals surface area (Å²) in [4.78, 5) is 12.6. The summed E-state index contributed by atoms with van der Waals surface area (Å²) in [6.45, 7) is 4.00. The number of carbonyl (C=O) groups is 1. The molecule has 5 heteroatoms. The van der Waals surface area contributed by atoms with Gasteiger partial charge in [0.25, 0.3) is 0 Å². The number of hydrogen-bond acceptors (Lipinski definition) is 4. The zero-order valence-electron chi connectivity index (χ0n) is 9.14. The first-order valence-electron chi connectivity index (χ1n) is 4.99. The molecule has 0 radical (unpaired) electrons. The Morgan fingerprint density at radius 1 is 1.62 bits per heavy atom. The third kappa shape index (κ3) is 1.99. The fourth-order valence-corrected chi connectivity index (χ4v) is 2.26. The van der Waals surface area contributed by atoms with Crippen LogP contribution in [0.3, 0.4) is 0 Å². The first-order valence-corrected chi connectivity index (χ1v) is 5.87. The van der Waals surface area contributed by atoms with Crippen LogP contribution in [0.4, 0.5) is 4.79 Å². The van der Waals surface area contributed by atoms with E-state index >= 15 is 0 Å². The van der Waals surface area contributed by atoms with Crippen molar-refractivity contribution in [2.45, 2.75) is 13.8 Å². The summed E-state index contributed by atoms with van der Waals surface area (Å²) < 4.78 is 4.89. The molecule has 0 aromatic carbocycles. The highest BCUT2D eigenvalue weighted by Gasteiger charge is 2.16. The van der Waals surface area contributed by atoms with E-state index in [-0.39, 0.29) is 0 Å². The first-order chi connectivity index (χ1) is 7.72. The number of nitrogens with zero attached hydrogens (tertiary/aromatic N) is 2. The van der Waals surface area contributed by atoms with Crippen molar-refractivity contribution in [3.05, 3.63) is 28.1 Å². The molecule has 0 aliphatic carbocycles. The predicted octanol–water partition coefficient (Wildman–Crippen LogP) is 2.91. The number of fused-ring (bicyclic) bond motifs is 1. The Kier molecular flexibility index (Phi) is 3.05. The van der Waals surface area contributed by atoms with E-state index in [9.17, 15) is 4.79 Å². The summed E-state index contributed by atoms with van der Waals surface area (Å²) in [6.07, 6.45) is 3.04. The third-order valence-corrected chi connectivity index (χ3v) is 3.17. The van der Waals surface area contributed by atoms with Gasteiger partial charge in [0, 0.05) is 6.20 Å². The maximum Gasteiger partial charge on any atom is 0.434 e. The lowest BCUT2D eigenvalue weighted by Crippen LogP contribution is -2.21. The van der Waals surface area contributed by atoms with Gasteiger partial charge in [0.15, 0.2) is 0 Å². The van der Waals surface area contributed by atoms with Crippen LogP contribution in [-0.4, -0.2) is 23.4 Å². The Balaban J connectivity index is 2.29. The van der Waals surface area contributed by atoms with E-state index in [1.54, 1.807) is 24.5 Å². The Labute approximate surface area is 97.8 Å². The van der Waals surface area contributed by atoms with Crippen LogP contribution in [0.5, 0.6) is 0 Å². The molecular weight excluding hydrogens is 224 g/mol. The van der Waals surface area contributed by atoms with Gasteiger partial charge in [0.2, 0.25) is 0 Å². The van der Waals surface area contributed by atoms with E-state index in [0.29, 0.717) is 6.61 Å². The Morgan fingerprint density at radius 2 is 2.44 bits per heavy atom. The molecule has 0 saturated heterocycles. The molecular formula is C11H12N2O2S. The van der Waals surface area contributed by atoms with Gasteiger partial charge in [-0.2, -0.15) is 10.1 Å². The van der Waals surface area contributed by atoms with Crippen LogP contribution < -0.4 is 0 Å². The summed E-state index contributed by atoms with van der Waals surface area (Å²) in [5.74, 6) is 0. The average molecular weight is 236 g/mol. The number of carbonyl (C=O) groups excluding carboxylic acids is 1. The van der Waals surface area contributed by atoms with E-state index in [4.69, 9.17) is 4.74 Å². The van der Waals surface area contributed by atoms with Crippen molar-refractivity contribution in [1.82, 2.24) is 5.01 Å². The molecule has 4 nitrogen and oxygen atoms in total. The highest BCUT2D eigenvalue weighted by atomic mass is 32.1. The topological polar surface area (TPSA) is 41.9 Å². The first kappa shape index (κ1) is 10.9. The van der Waals surface area contributed by atoms with Crippen LogP contribution in [-0.2, 0) is 4.74 Å². The molecule has 1 amide bonds. The molecule has 16 heavy (non-hydrogen) atoms. The van der Waals surface area contributed by atoms with Crippen molar-refractivity contribution in [2.24, 2.45) is 5.10 Å². The molecule has 0 saturated carbocycles. The van der Waals surface area contributed by atoms with Gasteiger partial charge in [-0.1, -0.05) is 0 Å². The fourth-order valence-electron chi connectivity index (χ4n) is 1.43. The second kappa shape index (κ2) is 4.49. The van der Waals surface area contributed by atoms with Crippen LogP contribution in [0.15, 0.2) is 22.7 Å². The van der Waals surface area contributed by atoms with Crippen LogP contribution in [0, 0.1) is 0 Å². The van der Waals surface area contributed by atoms with Gasteiger partial charge in [-0.3, -0.25) is 0 Å². The minimum atomic E-state index is -0.451. The molecule has 2 rings (SSSR count). The third-order valence-electron chi connectivity index (χ3n) is 2.13. The van der Waals surface area contributed by atoms with E-state index in [1.165, 1.54) is 5.01 Å². The lowest BCUT2D eigenvalue weighted by molar-refractivity contribution is 0.123. The van der Waals surface area contributed by atoms with Gasteiger partial charge in [0.1, 0.15) is 0 Å². The predicted molar refractivity (Wildman–Crippen MR) is 64.4 cm³/mol. The Morgan fingerprint density at radius 3 is 3.19 bits per heavy atom. The van der Waals surface area contributed by atoms with Crippen LogP contribution >= 0.6 is 11.3 Å². The van der Waals surface area contributed by atoms with Crippen molar-refractivity contribution in [3.8, 4) is 0 Å². The Hall–Kier alpha value is -1.62. The van der Waals surface area contributed by atoms with Gasteiger partial charge in [-0.15, -0.1) is 11.3 Å². The number of hydrogen-bond donors (Lipinski definition) is 0. The monoisotopic (exact) mass is 236 g/mol. The highest BCUT2D eigenvalue weighted by Crippen LogP contribution is 2.22. The SMILES string of the molecule is CCOC(=O)N1C=Cc2ccsc2C(C)=N1. The summed E-state index contributed by atoms with van der Waals surface area (Å²) >= 11 is 1.61. The van der Waals surface area contributed by atoms with Crippen LogP contribution in [0.25, 0.3) is 6.08 Å². The summed E-state index contributed by atoms with van der Waals surface area (Å²) in [5, 5.41) is 7.44.